The van der Waals surface area contributed by atoms with Crippen LogP contribution in [0, 0.1) is 0 Å². The molecule has 12 heavy (non-hydrogen) atoms. The van der Waals surface area contributed by atoms with Crippen LogP contribution in [0.15, 0.2) is 23.4 Å². The molecule has 1 rings (SSSR count). The molecule has 0 saturated heterocycles. The van der Waals surface area contributed by atoms with Gasteiger partial charge in [0.25, 0.3) is 0 Å². The topological polar surface area (TPSA) is 46.2 Å². The Hall–Kier alpha value is -1.38. The lowest BCUT2D eigenvalue weighted by Gasteiger charge is -2.10. The predicted molar refractivity (Wildman–Crippen MR) is 45.3 cm³/mol. The highest BCUT2D eigenvalue weighted by Gasteiger charge is 2.12. The second-order valence-electron chi connectivity index (χ2n) is 2.81. The summed E-state index contributed by atoms with van der Waals surface area (Å²) in [4.78, 5) is 21.8. The van der Waals surface area contributed by atoms with Crippen molar-refractivity contribution in [1.82, 2.24) is 5.32 Å². The van der Waals surface area contributed by atoms with Crippen LogP contribution in [0.3, 0.4) is 0 Å². The summed E-state index contributed by atoms with van der Waals surface area (Å²) in [7, 11) is 0. The summed E-state index contributed by atoms with van der Waals surface area (Å²) < 4.78 is 0. The highest BCUT2D eigenvalue weighted by Crippen LogP contribution is 2.11. The Labute approximate surface area is 71.1 Å². The third-order valence-electron chi connectivity index (χ3n) is 1.59. The smallest absolute Gasteiger partial charge is 0.221 e. The standard InChI is InChI=1S/C9H11NO2/c1-6-3-4-9(12)8(5-6)10-7(2)11/h3,5H,4H2,1-2H3,(H,10,11). The van der Waals surface area contributed by atoms with Gasteiger partial charge in [0.2, 0.25) is 5.91 Å². The van der Waals surface area contributed by atoms with Gasteiger partial charge in [-0.1, -0.05) is 11.6 Å². The Balaban J connectivity index is 2.79. The number of Topliss-reactive ketones (excluding diaryl/α,β-unsaturated/α-hetero) is 1. The summed E-state index contributed by atoms with van der Waals surface area (Å²) in [5.41, 5.74) is 1.42. The van der Waals surface area contributed by atoms with Gasteiger partial charge >= 0.3 is 0 Å². The number of hydrogen-bond donors (Lipinski definition) is 1. The van der Waals surface area contributed by atoms with Crippen LogP contribution >= 0.6 is 0 Å². The van der Waals surface area contributed by atoms with Gasteiger partial charge < -0.3 is 5.32 Å². The number of carbonyl (C=O) groups excluding carboxylic acids is 2. The number of allylic oxidation sites excluding steroid dienone is 4. The van der Waals surface area contributed by atoms with E-state index in [0.29, 0.717) is 12.1 Å². The van der Waals surface area contributed by atoms with E-state index in [1.807, 2.05) is 13.0 Å². The van der Waals surface area contributed by atoms with Crippen molar-refractivity contribution in [2.24, 2.45) is 0 Å². The Kier molecular flexibility index (Phi) is 2.43. The van der Waals surface area contributed by atoms with E-state index in [4.69, 9.17) is 0 Å². The normalized spacial score (nSPS) is 16.7. The molecule has 0 heterocycles. The second-order valence-corrected chi connectivity index (χ2v) is 2.81. The van der Waals surface area contributed by atoms with Crippen molar-refractivity contribution in [3.8, 4) is 0 Å². The number of rotatable bonds is 1. The first-order chi connectivity index (χ1) is 5.59. The van der Waals surface area contributed by atoms with Crippen LogP contribution in [0.25, 0.3) is 0 Å². The molecular formula is C9H11NO2. The van der Waals surface area contributed by atoms with E-state index in [0.717, 1.165) is 5.57 Å². The highest BCUT2D eigenvalue weighted by molar-refractivity contribution is 6.00. The first-order valence-corrected chi connectivity index (χ1v) is 3.79. The van der Waals surface area contributed by atoms with Gasteiger partial charge in [0, 0.05) is 13.3 Å². The Morgan fingerprint density at radius 3 is 2.83 bits per heavy atom. The van der Waals surface area contributed by atoms with Crippen molar-refractivity contribution in [1.29, 1.82) is 0 Å². The number of nitrogens with one attached hydrogen (secondary N) is 1. The van der Waals surface area contributed by atoms with Crippen molar-refractivity contribution in [3.63, 3.8) is 0 Å². The van der Waals surface area contributed by atoms with Crippen LogP contribution in [0.4, 0.5) is 0 Å². The summed E-state index contributed by atoms with van der Waals surface area (Å²) in [6.07, 6.45) is 3.92. The SMILES string of the molecule is CC(=O)NC1=CC(C)=CCC1=O. The summed E-state index contributed by atoms with van der Waals surface area (Å²) in [5, 5.41) is 2.49. The van der Waals surface area contributed by atoms with E-state index >= 15 is 0 Å². The van der Waals surface area contributed by atoms with Crippen LogP contribution < -0.4 is 5.32 Å². The van der Waals surface area contributed by atoms with Gasteiger partial charge in [-0.05, 0) is 13.0 Å². The fourth-order valence-electron chi connectivity index (χ4n) is 1.03. The monoisotopic (exact) mass is 165 g/mol. The minimum Gasteiger partial charge on any atom is -0.323 e. The van der Waals surface area contributed by atoms with Crippen molar-refractivity contribution in [2.45, 2.75) is 20.3 Å². The molecule has 64 valence electrons. The molecule has 1 aliphatic rings. The van der Waals surface area contributed by atoms with Crippen molar-refractivity contribution < 1.29 is 9.59 Å². The van der Waals surface area contributed by atoms with Crippen molar-refractivity contribution >= 4 is 11.7 Å². The summed E-state index contributed by atoms with van der Waals surface area (Å²) in [5.74, 6) is -0.236. The van der Waals surface area contributed by atoms with Gasteiger partial charge in [0.1, 0.15) is 0 Å². The lowest BCUT2D eigenvalue weighted by molar-refractivity contribution is -0.121. The Morgan fingerprint density at radius 1 is 1.58 bits per heavy atom. The predicted octanol–water partition coefficient (Wildman–Crippen LogP) is 0.925. The van der Waals surface area contributed by atoms with Crippen molar-refractivity contribution in [2.75, 3.05) is 0 Å². The minimum absolute atomic E-state index is 0.0317. The molecule has 1 N–H and O–H groups in total. The third-order valence-corrected chi connectivity index (χ3v) is 1.59. The molecule has 3 nitrogen and oxygen atoms in total. The number of carbonyl (C=O) groups is 2. The zero-order valence-corrected chi connectivity index (χ0v) is 7.18. The molecule has 0 aromatic heterocycles. The van der Waals surface area contributed by atoms with Crippen LogP contribution in [-0.4, -0.2) is 11.7 Å². The van der Waals surface area contributed by atoms with Gasteiger partial charge in [0.15, 0.2) is 5.78 Å². The lowest BCUT2D eigenvalue weighted by Crippen LogP contribution is -2.25. The molecule has 3 heteroatoms. The van der Waals surface area contributed by atoms with E-state index in [1.165, 1.54) is 6.92 Å². The summed E-state index contributed by atoms with van der Waals surface area (Å²) in [6.45, 7) is 3.29. The molecule has 0 saturated carbocycles. The van der Waals surface area contributed by atoms with Gasteiger partial charge in [-0.15, -0.1) is 0 Å². The molecule has 0 bridgehead atoms. The average Bonchev–Trinajstić information content (AvgIpc) is 1.96. The molecule has 0 aliphatic heterocycles. The van der Waals surface area contributed by atoms with Crippen LogP contribution in [0.2, 0.25) is 0 Å². The molecule has 1 aliphatic carbocycles. The number of amides is 1. The quantitative estimate of drug-likeness (QED) is 0.628. The van der Waals surface area contributed by atoms with E-state index in [9.17, 15) is 9.59 Å². The first kappa shape index (κ1) is 8.71. The van der Waals surface area contributed by atoms with Crippen LogP contribution in [0.1, 0.15) is 20.3 Å². The molecule has 0 fully saturated rings. The average molecular weight is 165 g/mol. The van der Waals surface area contributed by atoms with Crippen LogP contribution in [-0.2, 0) is 9.59 Å². The van der Waals surface area contributed by atoms with E-state index in [2.05, 4.69) is 5.32 Å². The number of ketones is 1. The molecule has 0 unspecified atom stereocenters. The summed E-state index contributed by atoms with van der Waals surface area (Å²) in [6, 6.07) is 0. The highest BCUT2D eigenvalue weighted by atomic mass is 16.2. The molecule has 0 spiro atoms. The third kappa shape index (κ3) is 2.05. The Bertz CT molecular complexity index is 287. The van der Waals surface area contributed by atoms with Gasteiger partial charge in [-0.25, -0.2) is 0 Å². The zero-order valence-electron chi connectivity index (χ0n) is 7.18. The zero-order chi connectivity index (χ0) is 9.14. The van der Waals surface area contributed by atoms with Crippen molar-refractivity contribution in [3.05, 3.63) is 23.4 Å². The maximum absolute atomic E-state index is 11.1. The molecule has 0 aromatic carbocycles. The molecule has 0 atom stereocenters. The maximum atomic E-state index is 11.1. The fraction of sp³-hybridized carbons (Fsp3) is 0.333. The Morgan fingerprint density at radius 2 is 2.25 bits per heavy atom. The van der Waals surface area contributed by atoms with E-state index in [-0.39, 0.29) is 11.7 Å². The number of hydrogen-bond acceptors (Lipinski definition) is 2. The largest absolute Gasteiger partial charge is 0.323 e. The van der Waals surface area contributed by atoms with Crippen LogP contribution in [0.5, 0.6) is 0 Å². The minimum atomic E-state index is -0.204. The maximum Gasteiger partial charge on any atom is 0.221 e. The van der Waals surface area contributed by atoms with E-state index < -0.39 is 0 Å². The molecule has 1 amide bonds. The molecule has 0 radical (unpaired) electrons. The van der Waals surface area contributed by atoms with Gasteiger partial charge in [0.05, 0.1) is 5.70 Å². The molecule has 0 aromatic rings. The van der Waals surface area contributed by atoms with Gasteiger partial charge in [-0.2, -0.15) is 0 Å². The lowest BCUT2D eigenvalue weighted by atomic mass is 10.0. The fourth-order valence-corrected chi connectivity index (χ4v) is 1.03. The summed E-state index contributed by atoms with van der Waals surface area (Å²) >= 11 is 0. The first-order valence-electron chi connectivity index (χ1n) is 3.79. The second kappa shape index (κ2) is 3.34. The van der Waals surface area contributed by atoms with Gasteiger partial charge in [-0.3, -0.25) is 9.59 Å². The van der Waals surface area contributed by atoms with E-state index in [1.54, 1.807) is 6.08 Å². The molecular weight excluding hydrogens is 154 g/mol.